The van der Waals surface area contributed by atoms with Crippen molar-refractivity contribution in [3.8, 4) is 39.1 Å². The molecule has 0 spiro atoms. The van der Waals surface area contributed by atoms with Crippen LogP contribution in [0.2, 0.25) is 0 Å². The first-order valence-electron chi connectivity index (χ1n) is 18.7. The highest BCUT2D eigenvalue weighted by molar-refractivity contribution is 6.25. The van der Waals surface area contributed by atoms with Crippen molar-refractivity contribution in [3.05, 3.63) is 188 Å². The predicted molar refractivity (Wildman–Crippen MR) is 225 cm³/mol. The van der Waals surface area contributed by atoms with Crippen molar-refractivity contribution in [2.24, 2.45) is 0 Å². The molecule has 2 unspecified atom stereocenters. The largest absolute Gasteiger partial charge is 0.484 e. The average molecular weight is 689 g/mol. The molecular formula is C52H32O2. The predicted octanol–water partition coefficient (Wildman–Crippen LogP) is 14.2. The molecular weight excluding hydrogens is 657 g/mol. The maximum atomic E-state index is 6.98. The summed E-state index contributed by atoms with van der Waals surface area (Å²) in [6.07, 6.45) is 8.73. The van der Waals surface area contributed by atoms with Crippen molar-refractivity contribution in [3.63, 3.8) is 0 Å². The molecule has 1 aliphatic heterocycles. The van der Waals surface area contributed by atoms with E-state index in [1.54, 1.807) is 0 Å². The second-order valence-electron chi connectivity index (χ2n) is 14.7. The lowest BCUT2D eigenvalue weighted by atomic mass is 9.81. The van der Waals surface area contributed by atoms with Crippen molar-refractivity contribution in [1.82, 2.24) is 0 Å². The average Bonchev–Trinajstić information content (AvgIpc) is 3.79. The zero-order valence-electron chi connectivity index (χ0n) is 29.3. The third-order valence-corrected chi connectivity index (χ3v) is 11.8. The van der Waals surface area contributed by atoms with Crippen LogP contribution in [0, 0.1) is 0 Å². The number of rotatable bonds is 3. The maximum Gasteiger partial charge on any atom is 0.136 e. The van der Waals surface area contributed by atoms with Crippen LogP contribution in [0.25, 0.3) is 98.4 Å². The molecule has 54 heavy (non-hydrogen) atoms. The van der Waals surface area contributed by atoms with E-state index >= 15 is 0 Å². The summed E-state index contributed by atoms with van der Waals surface area (Å²) in [6, 6.07) is 57.6. The normalized spacial score (nSPS) is 16.1. The molecule has 2 atom stereocenters. The van der Waals surface area contributed by atoms with Gasteiger partial charge in [0.2, 0.25) is 0 Å². The minimum Gasteiger partial charge on any atom is -0.484 e. The van der Waals surface area contributed by atoms with Crippen LogP contribution in [0.5, 0.6) is 5.75 Å². The van der Waals surface area contributed by atoms with Gasteiger partial charge in [-0.25, -0.2) is 0 Å². The van der Waals surface area contributed by atoms with Crippen molar-refractivity contribution >= 4 is 65.0 Å². The molecule has 2 nitrogen and oxygen atoms in total. The van der Waals surface area contributed by atoms with Gasteiger partial charge in [-0.1, -0.05) is 140 Å². The van der Waals surface area contributed by atoms with Gasteiger partial charge in [0.1, 0.15) is 23.0 Å². The van der Waals surface area contributed by atoms with Gasteiger partial charge in [0.15, 0.2) is 0 Å². The Hall–Kier alpha value is -6.90. The number of benzene rings is 9. The lowest BCUT2D eigenvalue weighted by Crippen LogP contribution is -2.15. The van der Waals surface area contributed by atoms with Crippen molar-refractivity contribution in [1.29, 1.82) is 0 Å². The number of furan rings is 1. The fourth-order valence-electron chi connectivity index (χ4n) is 9.28. The van der Waals surface area contributed by atoms with Crippen LogP contribution < -0.4 is 4.74 Å². The van der Waals surface area contributed by atoms with Crippen molar-refractivity contribution in [2.45, 2.75) is 12.0 Å². The van der Waals surface area contributed by atoms with Gasteiger partial charge in [-0.2, -0.15) is 0 Å². The van der Waals surface area contributed by atoms with Crippen LogP contribution >= 0.6 is 0 Å². The lowest BCUT2D eigenvalue weighted by molar-refractivity contribution is 0.270. The van der Waals surface area contributed by atoms with E-state index in [1.807, 2.05) is 6.07 Å². The van der Waals surface area contributed by atoms with Gasteiger partial charge in [-0.05, 0) is 108 Å². The fraction of sp³-hybridized carbons (Fsp3) is 0.0385. The first-order chi connectivity index (χ1) is 26.8. The van der Waals surface area contributed by atoms with E-state index in [9.17, 15) is 0 Å². The van der Waals surface area contributed by atoms with Gasteiger partial charge < -0.3 is 9.15 Å². The molecule has 0 saturated carbocycles. The van der Waals surface area contributed by atoms with E-state index in [1.165, 1.54) is 76.5 Å². The smallest absolute Gasteiger partial charge is 0.136 e. The van der Waals surface area contributed by atoms with Crippen LogP contribution in [0.4, 0.5) is 0 Å². The number of fused-ring (bicyclic) bond motifs is 10. The Balaban J connectivity index is 1.21. The number of ether oxygens (including phenoxy) is 1. The second-order valence-corrected chi connectivity index (χ2v) is 14.7. The molecule has 2 heteroatoms. The molecule has 2 heterocycles. The minimum absolute atomic E-state index is 0.0209. The molecule has 2 aliphatic rings. The van der Waals surface area contributed by atoms with E-state index in [0.717, 1.165) is 33.3 Å². The van der Waals surface area contributed by atoms with Crippen molar-refractivity contribution < 1.29 is 9.15 Å². The third kappa shape index (κ3) is 4.28. The lowest BCUT2D eigenvalue weighted by Gasteiger charge is -2.21. The van der Waals surface area contributed by atoms with E-state index < -0.39 is 0 Å². The van der Waals surface area contributed by atoms with Gasteiger partial charge >= 0.3 is 0 Å². The summed E-state index contributed by atoms with van der Waals surface area (Å²) in [5.41, 5.74) is 10.1. The van der Waals surface area contributed by atoms with E-state index in [0.29, 0.717) is 0 Å². The van der Waals surface area contributed by atoms with Crippen LogP contribution in [-0.4, -0.2) is 6.10 Å². The molecule has 0 N–H and O–H groups in total. The fourth-order valence-corrected chi connectivity index (χ4v) is 9.28. The van der Waals surface area contributed by atoms with Crippen LogP contribution in [0.15, 0.2) is 186 Å². The first kappa shape index (κ1) is 29.7. The Morgan fingerprint density at radius 3 is 1.89 bits per heavy atom. The highest BCUT2D eigenvalue weighted by Crippen LogP contribution is 2.54. The Labute approximate surface area is 311 Å². The highest BCUT2D eigenvalue weighted by atomic mass is 16.5. The Kier molecular flexibility index (Phi) is 6.20. The minimum atomic E-state index is -0.0209. The summed E-state index contributed by atoms with van der Waals surface area (Å²) < 4.78 is 13.5. The van der Waals surface area contributed by atoms with E-state index in [4.69, 9.17) is 9.15 Å². The number of hydrogen-bond acceptors (Lipinski definition) is 2. The molecule has 10 aromatic rings. The molecule has 0 bridgehead atoms. The molecule has 1 aliphatic carbocycles. The Bertz CT molecular complexity index is 3270. The number of para-hydroxylation sites is 1. The SMILES string of the molecule is C1=CC2Oc3c(cc4ccccc4c3-c3c4ccccc4c(-c4ccc5c(c4)oc4ccccc45)c4cc(-c5ccc6ccccc6c5)ccc34)C2C=C1. The first-order valence-corrected chi connectivity index (χ1v) is 18.7. The summed E-state index contributed by atoms with van der Waals surface area (Å²) in [6.45, 7) is 0. The van der Waals surface area contributed by atoms with E-state index in [2.05, 4.69) is 176 Å². The zero-order valence-corrected chi connectivity index (χ0v) is 29.3. The molecule has 0 radical (unpaired) electrons. The number of allylic oxidation sites excluding steroid dienone is 2. The molecule has 12 rings (SSSR count). The summed E-state index contributed by atoms with van der Waals surface area (Å²) in [5, 5.41) is 12.0. The summed E-state index contributed by atoms with van der Waals surface area (Å²) >= 11 is 0. The Morgan fingerprint density at radius 1 is 0.370 bits per heavy atom. The van der Waals surface area contributed by atoms with Gasteiger partial charge in [0, 0.05) is 33.4 Å². The van der Waals surface area contributed by atoms with Gasteiger partial charge in [0.25, 0.3) is 0 Å². The standard InChI is InChI=1S/C52H32O2/c1-2-12-32-27-33(22-21-31(32)11-1)34-23-26-43-44(28-34)49(36-24-25-40-38-15-7-9-19-46(38)53-48(40)30-36)41-17-5-6-18-42(41)50(43)51-37-14-4-3-13-35(37)29-45-39-16-8-10-20-47(39)54-52(45)51/h1-30,39,47H. The molecule has 0 fully saturated rings. The topological polar surface area (TPSA) is 22.4 Å². The van der Waals surface area contributed by atoms with Crippen LogP contribution in [-0.2, 0) is 0 Å². The summed E-state index contributed by atoms with van der Waals surface area (Å²) in [7, 11) is 0. The summed E-state index contributed by atoms with van der Waals surface area (Å²) in [5.74, 6) is 1.17. The monoisotopic (exact) mass is 688 g/mol. The van der Waals surface area contributed by atoms with Crippen LogP contribution in [0.1, 0.15) is 11.5 Å². The quantitative estimate of drug-likeness (QED) is 0.172. The molecule has 9 aromatic carbocycles. The summed E-state index contributed by atoms with van der Waals surface area (Å²) in [4.78, 5) is 0. The second kappa shape index (κ2) is 11.3. The van der Waals surface area contributed by atoms with E-state index in [-0.39, 0.29) is 12.0 Å². The molecule has 0 amide bonds. The van der Waals surface area contributed by atoms with Crippen molar-refractivity contribution in [2.75, 3.05) is 0 Å². The molecule has 1 aromatic heterocycles. The van der Waals surface area contributed by atoms with Gasteiger partial charge in [0.05, 0.1) is 0 Å². The Morgan fingerprint density at radius 2 is 1.00 bits per heavy atom. The zero-order chi connectivity index (χ0) is 35.3. The van der Waals surface area contributed by atoms with Gasteiger partial charge in [-0.3, -0.25) is 0 Å². The van der Waals surface area contributed by atoms with Crippen LogP contribution in [0.3, 0.4) is 0 Å². The third-order valence-electron chi connectivity index (χ3n) is 11.8. The van der Waals surface area contributed by atoms with Gasteiger partial charge in [-0.15, -0.1) is 0 Å². The number of hydrogen-bond donors (Lipinski definition) is 0. The highest BCUT2D eigenvalue weighted by Gasteiger charge is 2.36. The molecule has 0 saturated heterocycles. The molecule has 252 valence electrons. The maximum absolute atomic E-state index is 6.98.